The second-order valence-electron chi connectivity index (χ2n) is 10.0. The van der Waals surface area contributed by atoms with E-state index in [4.69, 9.17) is 0 Å². The molecule has 0 fully saturated rings. The van der Waals surface area contributed by atoms with Gasteiger partial charge in [0.15, 0.2) is 0 Å². The molecule has 5 aromatic rings. The number of amides is 3. The van der Waals surface area contributed by atoms with Crippen LogP contribution in [0.1, 0.15) is 31.6 Å². The molecule has 3 N–H and O–H groups in total. The number of hydrogen-bond donors (Lipinski definition) is 3. The Hall–Kier alpha value is -5.52. The van der Waals surface area contributed by atoms with E-state index in [9.17, 15) is 24.5 Å². The molecular formula is C35H28N4O5S2. The number of carbonyl (C=O) groups is 3. The van der Waals surface area contributed by atoms with E-state index >= 15 is 0 Å². The van der Waals surface area contributed by atoms with Crippen LogP contribution in [0.4, 0.5) is 17.1 Å². The monoisotopic (exact) mass is 648 g/mol. The van der Waals surface area contributed by atoms with Gasteiger partial charge in [-0.05, 0) is 72.0 Å². The fourth-order valence-corrected chi connectivity index (χ4v) is 6.05. The molecule has 1 unspecified atom stereocenters. The van der Waals surface area contributed by atoms with Gasteiger partial charge in [-0.1, -0.05) is 60.7 Å². The van der Waals surface area contributed by atoms with Crippen molar-refractivity contribution >= 4 is 64.0 Å². The van der Waals surface area contributed by atoms with Crippen molar-refractivity contribution in [3.63, 3.8) is 0 Å². The molecule has 0 aliphatic rings. The number of thioether (sulfide) groups is 1. The van der Waals surface area contributed by atoms with Crippen molar-refractivity contribution in [3.05, 3.63) is 158 Å². The summed E-state index contributed by atoms with van der Waals surface area (Å²) >= 11 is 2.74. The fraction of sp³-hybridized carbons (Fsp3) is 0.0571. The Labute approximate surface area is 273 Å². The van der Waals surface area contributed by atoms with Gasteiger partial charge >= 0.3 is 0 Å². The topological polar surface area (TPSA) is 130 Å². The van der Waals surface area contributed by atoms with Crippen LogP contribution in [0.2, 0.25) is 0 Å². The maximum Gasteiger partial charge on any atom is 0.272 e. The number of nitro groups is 1. The molecule has 0 aliphatic heterocycles. The summed E-state index contributed by atoms with van der Waals surface area (Å²) in [4.78, 5) is 52.1. The summed E-state index contributed by atoms with van der Waals surface area (Å²) in [6.07, 6.45) is 1.62. The SMILES string of the molecule is Cc1ccc([N+](=O)[O-])cc1NC(=O)C(Sc1ccc(NC(=O)/C(=C/c2cccs2)NC(=O)c2ccccc2)cc1)c1ccccc1. The Bertz CT molecular complexity index is 1880. The minimum atomic E-state index is -0.672. The molecule has 0 bridgehead atoms. The number of non-ortho nitro benzene ring substituents is 1. The molecule has 4 aromatic carbocycles. The summed E-state index contributed by atoms with van der Waals surface area (Å²) in [6, 6.07) is 32.9. The first kappa shape index (κ1) is 31.9. The molecular weight excluding hydrogens is 621 g/mol. The zero-order valence-corrected chi connectivity index (χ0v) is 26.1. The molecule has 230 valence electrons. The second-order valence-corrected chi connectivity index (χ2v) is 12.2. The summed E-state index contributed by atoms with van der Waals surface area (Å²) in [6.45, 7) is 1.77. The van der Waals surface area contributed by atoms with Crippen LogP contribution in [-0.2, 0) is 9.59 Å². The molecule has 0 spiro atoms. The smallest absolute Gasteiger partial charge is 0.272 e. The quantitative estimate of drug-likeness (QED) is 0.0579. The van der Waals surface area contributed by atoms with Crippen molar-refractivity contribution in [2.45, 2.75) is 17.1 Å². The summed E-state index contributed by atoms with van der Waals surface area (Å²) in [5, 5.41) is 20.9. The molecule has 46 heavy (non-hydrogen) atoms. The van der Waals surface area contributed by atoms with Gasteiger partial charge in [0.25, 0.3) is 17.5 Å². The summed E-state index contributed by atoms with van der Waals surface area (Å²) in [5.74, 6) is -1.24. The van der Waals surface area contributed by atoms with E-state index in [0.717, 1.165) is 15.3 Å². The molecule has 3 amide bonds. The molecule has 5 rings (SSSR count). The van der Waals surface area contributed by atoms with Crippen LogP contribution in [0.15, 0.2) is 131 Å². The number of anilines is 2. The van der Waals surface area contributed by atoms with Crippen molar-refractivity contribution in [2.75, 3.05) is 10.6 Å². The number of rotatable bonds is 11. The van der Waals surface area contributed by atoms with Crippen molar-refractivity contribution in [1.29, 1.82) is 0 Å². The maximum atomic E-state index is 13.6. The van der Waals surface area contributed by atoms with E-state index in [0.29, 0.717) is 22.5 Å². The van der Waals surface area contributed by atoms with Gasteiger partial charge in [0.05, 0.1) is 10.6 Å². The van der Waals surface area contributed by atoms with Crippen LogP contribution in [0.3, 0.4) is 0 Å². The standard InChI is InChI=1S/C35H28N4O5S2/c1-23-14-17-27(39(43)44)21-30(23)37-35(42)32(24-9-4-2-5-10-24)46-28-18-15-26(16-19-28)36-34(41)31(22-29-13-8-20-45-29)38-33(40)25-11-6-3-7-12-25/h2-22,32H,1H3,(H,36,41)(H,37,42)(H,38,40)/b31-22-. The van der Waals surface area contributed by atoms with Crippen LogP contribution in [0, 0.1) is 17.0 Å². The lowest BCUT2D eigenvalue weighted by molar-refractivity contribution is -0.384. The number of benzene rings is 4. The normalized spacial score (nSPS) is 11.7. The van der Waals surface area contributed by atoms with Gasteiger partial charge in [-0.15, -0.1) is 23.1 Å². The van der Waals surface area contributed by atoms with E-state index in [1.165, 1.54) is 35.2 Å². The van der Waals surface area contributed by atoms with Gasteiger partial charge in [-0.2, -0.15) is 0 Å². The van der Waals surface area contributed by atoms with Crippen molar-refractivity contribution < 1.29 is 19.3 Å². The maximum absolute atomic E-state index is 13.6. The predicted octanol–water partition coefficient (Wildman–Crippen LogP) is 7.85. The molecule has 1 aromatic heterocycles. The molecule has 0 saturated carbocycles. The third kappa shape index (κ3) is 8.35. The Morgan fingerprint density at radius 2 is 1.54 bits per heavy atom. The van der Waals surface area contributed by atoms with Gasteiger partial charge in [0.2, 0.25) is 5.91 Å². The predicted molar refractivity (Wildman–Crippen MR) is 183 cm³/mol. The highest BCUT2D eigenvalue weighted by atomic mass is 32.2. The van der Waals surface area contributed by atoms with Crippen molar-refractivity contribution in [1.82, 2.24) is 5.32 Å². The Kier molecular flexibility index (Phi) is 10.4. The Morgan fingerprint density at radius 3 is 2.20 bits per heavy atom. The summed E-state index contributed by atoms with van der Waals surface area (Å²) < 4.78 is 0. The Morgan fingerprint density at radius 1 is 0.848 bits per heavy atom. The minimum absolute atomic E-state index is 0.0898. The molecule has 0 aliphatic carbocycles. The van der Waals surface area contributed by atoms with Gasteiger partial charge in [0, 0.05) is 33.2 Å². The lowest BCUT2D eigenvalue weighted by atomic mass is 10.1. The summed E-state index contributed by atoms with van der Waals surface area (Å²) in [7, 11) is 0. The first-order chi connectivity index (χ1) is 22.3. The third-order valence-electron chi connectivity index (χ3n) is 6.75. The third-order valence-corrected chi connectivity index (χ3v) is 8.84. The number of aryl methyl sites for hydroxylation is 1. The molecule has 1 atom stereocenters. The molecule has 0 saturated heterocycles. The fourth-order valence-electron chi connectivity index (χ4n) is 4.37. The average Bonchev–Trinajstić information content (AvgIpc) is 3.59. The van der Waals surface area contributed by atoms with E-state index in [2.05, 4.69) is 16.0 Å². The van der Waals surface area contributed by atoms with Crippen molar-refractivity contribution in [2.24, 2.45) is 0 Å². The highest BCUT2D eigenvalue weighted by Crippen LogP contribution is 2.37. The summed E-state index contributed by atoms with van der Waals surface area (Å²) in [5.41, 5.74) is 2.71. The lowest BCUT2D eigenvalue weighted by Gasteiger charge is -2.18. The van der Waals surface area contributed by atoms with E-state index in [1.54, 1.807) is 73.7 Å². The van der Waals surface area contributed by atoms with Gasteiger partial charge in [0.1, 0.15) is 10.9 Å². The number of thiophene rings is 1. The number of carbonyl (C=O) groups excluding carboxylic acids is 3. The van der Waals surface area contributed by atoms with Crippen molar-refractivity contribution in [3.8, 4) is 0 Å². The lowest BCUT2D eigenvalue weighted by Crippen LogP contribution is -2.30. The minimum Gasteiger partial charge on any atom is -0.324 e. The molecule has 1 heterocycles. The highest BCUT2D eigenvalue weighted by Gasteiger charge is 2.24. The molecule has 0 radical (unpaired) electrons. The molecule has 11 heteroatoms. The largest absolute Gasteiger partial charge is 0.324 e. The van der Waals surface area contributed by atoms with Crippen LogP contribution in [-0.4, -0.2) is 22.6 Å². The van der Waals surface area contributed by atoms with E-state index < -0.39 is 22.0 Å². The van der Waals surface area contributed by atoms with E-state index in [1.807, 2.05) is 47.8 Å². The van der Waals surface area contributed by atoms with Crippen LogP contribution in [0.25, 0.3) is 6.08 Å². The average molecular weight is 649 g/mol. The Balaban J connectivity index is 1.32. The zero-order chi connectivity index (χ0) is 32.5. The van der Waals surface area contributed by atoms with E-state index in [-0.39, 0.29) is 17.3 Å². The van der Waals surface area contributed by atoms with Crippen LogP contribution in [0.5, 0.6) is 0 Å². The first-order valence-corrected chi connectivity index (χ1v) is 15.8. The van der Waals surface area contributed by atoms with Crippen LogP contribution >= 0.6 is 23.1 Å². The number of nitrogens with one attached hydrogen (secondary N) is 3. The number of nitro benzene ring substituents is 1. The second kappa shape index (κ2) is 15.0. The van der Waals surface area contributed by atoms with Gasteiger partial charge in [-0.25, -0.2) is 0 Å². The number of nitrogens with zero attached hydrogens (tertiary/aromatic N) is 1. The number of hydrogen-bond acceptors (Lipinski definition) is 7. The van der Waals surface area contributed by atoms with Gasteiger partial charge in [-0.3, -0.25) is 24.5 Å². The zero-order valence-electron chi connectivity index (χ0n) is 24.5. The first-order valence-electron chi connectivity index (χ1n) is 14.1. The van der Waals surface area contributed by atoms with Gasteiger partial charge < -0.3 is 16.0 Å². The highest BCUT2D eigenvalue weighted by molar-refractivity contribution is 8.00. The molecule has 9 nitrogen and oxygen atoms in total. The van der Waals surface area contributed by atoms with Crippen LogP contribution < -0.4 is 16.0 Å².